The molecule has 0 aromatic carbocycles. The number of ether oxygens (including phenoxy) is 1. The number of halogens is 2. The Morgan fingerprint density at radius 1 is 1.64 bits per heavy atom. The first-order valence-corrected chi connectivity index (χ1v) is 3.28. The molecule has 0 N–H and O–H groups in total. The molecule has 0 aromatic rings. The van der Waals surface area contributed by atoms with Crippen molar-refractivity contribution in [1.82, 2.24) is 4.81 Å². The predicted molar refractivity (Wildman–Crippen MR) is 40.0 cm³/mol. The predicted octanol–water partition coefficient (Wildman–Crippen LogP) is 1.62. The van der Waals surface area contributed by atoms with Crippen LogP contribution in [0, 0.1) is 0 Å². The third-order valence-electron chi connectivity index (χ3n) is 0.930. The van der Waals surface area contributed by atoms with Gasteiger partial charge < -0.3 is 13.9 Å². The average Bonchev–Trinajstić information content (AvgIpc) is 1.97. The first-order valence-electron chi connectivity index (χ1n) is 3.28. The van der Waals surface area contributed by atoms with E-state index < -0.39 is 0 Å². The van der Waals surface area contributed by atoms with Gasteiger partial charge in [-0.25, -0.2) is 4.39 Å². The molecule has 11 heavy (non-hydrogen) atoms. The monoisotopic (exact) mass is 162 g/mol. The first-order chi connectivity index (χ1) is 5.20. The van der Waals surface area contributed by atoms with Crippen molar-refractivity contribution < 1.29 is 13.4 Å². The molecule has 0 bridgehead atoms. The SMILES string of the molecule is CC(C)OCN([B]F)/C=C/F. The molecule has 0 amide bonds. The molecule has 0 heterocycles. The zero-order chi connectivity index (χ0) is 8.69. The van der Waals surface area contributed by atoms with Crippen molar-refractivity contribution >= 4 is 7.69 Å². The van der Waals surface area contributed by atoms with Crippen molar-refractivity contribution in [2.24, 2.45) is 0 Å². The van der Waals surface area contributed by atoms with Crippen LogP contribution in [0.2, 0.25) is 0 Å². The van der Waals surface area contributed by atoms with Gasteiger partial charge in [-0.15, -0.1) is 0 Å². The van der Waals surface area contributed by atoms with Crippen LogP contribution in [0.5, 0.6) is 0 Å². The number of nitrogens with zero attached hydrogens (tertiary/aromatic N) is 1. The van der Waals surface area contributed by atoms with Gasteiger partial charge in [-0.05, 0) is 13.8 Å². The van der Waals surface area contributed by atoms with Gasteiger partial charge >= 0.3 is 7.69 Å². The van der Waals surface area contributed by atoms with Crippen molar-refractivity contribution in [3.8, 4) is 0 Å². The lowest BCUT2D eigenvalue weighted by Crippen LogP contribution is -2.24. The highest BCUT2D eigenvalue weighted by atomic mass is 19.1. The molecular weight excluding hydrogens is 151 g/mol. The van der Waals surface area contributed by atoms with E-state index in [1.165, 1.54) is 0 Å². The Kier molecular flexibility index (Phi) is 5.83. The van der Waals surface area contributed by atoms with Gasteiger partial charge in [-0.1, -0.05) is 0 Å². The van der Waals surface area contributed by atoms with Gasteiger partial charge in [0, 0.05) is 6.20 Å². The van der Waals surface area contributed by atoms with Crippen LogP contribution >= 0.6 is 0 Å². The smallest absolute Gasteiger partial charge is 0.371 e. The van der Waals surface area contributed by atoms with E-state index in [2.05, 4.69) is 0 Å². The van der Waals surface area contributed by atoms with E-state index in [4.69, 9.17) is 4.74 Å². The molecule has 0 rings (SSSR count). The lowest BCUT2D eigenvalue weighted by Gasteiger charge is -2.16. The molecule has 2 nitrogen and oxygen atoms in total. The van der Waals surface area contributed by atoms with Crippen molar-refractivity contribution in [1.29, 1.82) is 0 Å². The van der Waals surface area contributed by atoms with E-state index in [0.717, 1.165) is 11.0 Å². The molecule has 0 spiro atoms. The van der Waals surface area contributed by atoms with Crippen molar-refractivity contribution in [3.63, 3.8) is 0 Å². The molecular formula is C6H11BF2NO. The highest BCUT2D eigenvalue weighted by Gasteiger charge is 2.02. The molecule has 0 fully saturated rings. The zero-order valence-electron chi connectivity index (χ0n) is 6.63. The molecule has 0 aliphatic heterocycles. The third kappa shape index (κ3) is 5.85. The Hall–Kier alpha value is -0.575. The second kappa shape index (κ2) is 6.16. The molecule has 5 heteroatoms. The average molecular weight is 162 g/mol. The van der Waals surface area contributed by atoms with Gasteiger partial charge in [-0.2, -0.15) is 0 Å². The Bertz CT molecular complexity index is 121. The van der Waals surface area contributed by atoms with E-state index in [1.807, 2.05) is 13.8 Å². The van der Waals surface area contributed by atoms with Gasteiger partial charge in [0.1, 0.15) is 13.1 Å². The molecule has 0 aliphatic rings. The summed E-state index contributed by atoms with van der Waals surface area (Å²) in [4.78, 5) is 0.958. The standard InChI is InChI=1S/C6H11BF2NO/c1-6(2)11-5-10(7-9)4-3-8/h3-4,6H,5H2,1-2H3/b4-3+. The van der Waals surface area contributed by atoms with Crippen LogP contribution in [0.25, 0.3) is 0 Å². The Morgan fingerprint density at radius 2 is 2.27 bits per heavy atom. The first kappa shape index (κ1) is 10.4. The van der Waals surface area contributed by atoms with Crippen LogP contribution in [-0.4, -0.2) is 25.3 Å². The quantitative estimate of drug-likeness (QED) is 0.449. The normalized spacial score (nSPS) is 11.0. The van der Waals surface area contributed by atoms with E-state index in [0.29, 0.717) is 0 Å². The van der Waals surface area contributed by atoms with Gasteiger partial charge in [0.15, 0.2) is 0 Å². The summed E-state index contributed by atoms with van der Waals surface area (Å²) in [7, 11) is 0.248. The summed E-state index contributed by atoms with van der Waals surface area (Å²) in [5.41, 5.74) is 0. The van der Waals surface area contributed by atoms with Gasteiger partial charge in [-0.3, -0.25) is 0 Å². The minimum Gasteiger partial charge on any atom is -0.371 e. The number of rotatable bonds is 5. The Labute approximate surface area is 66.1 Å². The van der Waals surface area contributed by atoms with Crippen LogP contribution in [0.15, 0.2) is 12.5 Å². The van der Waals surface area contributed by atoms with Gasteiger partial charge in [0.25, 0.3) is 0 Å². The zero-order valence-corrected chi connectivity index (χ0v) is 6.63. The topological polar surface area (TPSA) is 12.5 Å². The Balaban J connectivity index is 3.52. The fourth-order valence-electron chi connectivity index (χ4n) is 0.411. The molecule has 0 aromatic heterocycles. The van der Waals surface area contributed by atoms with Crippen molar-refractivity contribution in [2.75, 3.05) is 6.73 Å². The fraction of sp³-hybridized carbons (Fsp3) is 0.667. The van der Waals surface area contributed by atoms with Gasteiger partial charge in [0.05, 0.1) is 6.10 Å². The number of hydrogen-bond acceptors (Lipinski definition) is 2. The maximum atomic E-state index is 11.8. The van der Waals surface area contributed by atoms with Crippen LogP contribution in [0.1, 0.15) is 13.8 Å². The molecule has 1 radical (unpaired) electrons. The van der Waals surface area contributed by atoms with Crippen molar-refractivity contribution in [3.05, 3.63) is 12.5 Å². The molecule has 0 unspecified atom stereocenters. The Morgan fingerprint density at radius 3 is 2.64 bits per heavy atom. The van der Waals surface area contributed by atoms with E-state index in [1.54, 1.807) is 0 Å². The highest BCUT2D eigenvalue weighted by molar-refractivity contribution is 6.22. The summed E-state index contributed by atoms with van der Waals surface area (Å²) >= 11 is 0. The highest BCUT2D eigenvalue weighted by Crippen LogP contribution is 1.93. The summed E-state index contributed by atoms with van der Waals surface area (Å²) in [6, 6.07) is 0. The second-order valence-electron chi connectivity index (χ2n) is 2.23. The van der Waals surface area contributed by atoms with Crippen LogP contribution in [-0.2, 0) is 4.74 Å². The van der Waals surface area contributed by atoms with Crippen LogP contribution in [0.4, 0.5) is 8.71 Å². The minimum absolute atomic E-state index is 0.00506. The summed E-state index contributed by atoms with van der Waals surface area (Å²) in [6.07, 6.45) is 1.20. The fourth-order valence-corrected chi connectivity index (χ4v) is 0.411. The summed E-state index contributed by atoms with van der Waals surface area (Å²) in [6.45, 7) is 3.65. The molecule has 0 aliphatic carbocycles. The third-order valence-corrected chi connectivity index (χ3v) is 0.930. The lowest BCUT2D eigenvalue weighted by atomic mass is 10.3. The van der Waals surface area contributed by atoms with E-state index in [-0.39, 0.29) is 26.9 Å². The molecule has 0 saturated carbocycles. The van der Waals surface area contributed by atoms with Crippen molar-refractivity contribution in [2.45, 2.75) is 20.0 Å². The molecule has 63 valence electrons. The van der Waals surface area contributed by atoms with Crippen LogP contribution < -0.4 is 0 Å². The minimum atomic E-state index is 0.00506. The van der Waals surface area contributed by atoms with Crippen LogP contribution in [0.3, 0.4) is 0 Å². The molecule has 0 saturated heterocycles. The van der Waals surface area contributed by atoms with E-state index >= 15 is 0 Å². The number of hydrogen-bond donors (Lipinski definition) is 0. The maximum Gasteiger partial charge on any atom is 0.492 e. The lowest BCUT2D eigenvalue weighted by molar-refractivity contribution is 0.0387. The van der Waals surface area contributed by atoms with E-state index in [9.17, 15) is 8.71 Å². The maximum absolute atomic E-state index is 11.8. The summed E-state index contributed by atoms with van der Waals surface area (Å²) in [5.74, 6) is 0. The largest absolute Gasteiger partial charge is 0.492 e. The van der Waals surface area contributed by atoms with Gasteiger partial charge in [0.2, 0.25) is 0 Å². The second-order valence-corrected chi connectivity index (χ2v) is 2.23. The summed E-state index contributed by atoms with van der Waals surface area (Å²) < 4.78 is 28.3. The molecule has 0 atom stereocenters. The summed E-state index contributed by atoms with van der Waals surface area (Å²) in [5, 5.41) is 0.